The van der Waals surface area contributed by atoms with Crippen molar-refractivity contribution in [2.24, 2.45) is 0 Å². The van der Waals surface area contributed by atoms with Crippen molar-refractivity contribution in [3.8, 4) is 0 Å². The molecule has 0 bridgehead atoms. The smallest absolute Gasteiger partial charge is 0.263 e. The fraction of sp³-hybridized carbons (Fsp3) is 0. The van der Waals surface area contributed by atoms with Crippen LogP contribution in [0.1, 0.15) is 0 Å². The Morgan fingerprint density at radius 2 is 1.32 bits per heavy atom. The van der Waals surface area contributed by atoms with Crippen LogP contribution in [0.25, 0.3) is 38.0 Å². The van der Waals surface area contributed by atoms with Crippen molar-refractivity contribution in [2.45, 2.75) is 0 Å². The van der Waals surface area contributed by atoms with Crippen molar-refractivity contribution < 1.29 is 0 Å². The predicted molar refractivity (Wildman–Crippen MR) is 95.1 cm³/mol. The summed E-state index contributed by atoms with van der Waals surface area (Å²) in [6.45, 7) is 0. The lowest BCUT2D eigenvalue weighted by Gasteiger charge is -2.06. The second-order valence-corrected chi connectivity index (χ2v) is 6.47. The molecular formula is C19H10BrNO. The van der Waals surface area contributed by atoms with Crippen LogP contribution in [-0.2, 0) is 0 Å². The van der Waals surface area contributed by atoms with Gasteiger partial charge in [-0.2, -0.15) is 0 Å². The standard InChI is InChI=1S/C19H10BrNO/c20-11-9-15-12-5-1-2-7-14(12)19(22)21-17-8-4-3-6-13(17)16(10-11)18(15)21/h1-10H. The summed E-state index contributed by atoms with van der Waals surface area (Å²) >= 11 is 3.62. The van der Waals surface area contributed by atoms with E-state index in [9.17, 15) is 4.79 Å². The van der Waals surface area contributed by atoms with Gasteiger partial charge in [-0.05, 0) is 29.7 Å². The predicted octanol–water partition coefficient (Wildman–Crippen LogP) is 4.96. The Morgan fingerprint density at radius 3 is 2.09 bits per heavy atom. The van der Waals surface area contributed by atoms with E-state index in [0.29, 0.717) is 0 Å². The van der Waals surface area contributed by atoms with Crippen LogP contribution >= 0.6 is 15.9 Å². The number of rotatable bonds is 0. The van der Waals surface area contributed by atoms with Crippen LogP contribution in [0.15, 0.2) is 69.9 Å². The number of hydrogen-bond acceptors (Lipinski definition) is 1. The van der Waals surface area contributed by atoms with Crippen molar-refractivity contribution in [1.29, 1.82) is 0 Å². The van der Waals surface area contributed by atoms with Gasteiger partial charge in [0, 0.05) is 26.0 Å². The number of nitrogens with zero attached hydrogens (tertiary/aromatic N) is 1. The van der Waals surface area contributed by atoms with E-state index in [0.717, 1.165) is 42.4 Å². The zero-order valence-electron chi connectivity index (χ0n) is 11.5. The maximum atomic E-state index is 13.0. The Balaban J connectivity index is 2.32. The summed E-state index contributed by atoms with van der Waals surface area (Å²) in [5.74, 6) is 0. The largest absolute Gasteiger partial charge is 0.275 e. The summed E-state index contributed by atoms with van der Waals surface area (Å²) < 4.78 is 2.89. The van der Waals surface area contributed by atoms with E-state index < -0.39 is 0 Å². The minimum Gasteiger partial charge on any atom is -0.275 e. The lowest BCUT2D eigenvalue weighted by Crippen LogP contribution is -2.12. The highest BCUT2D eigenvalue weighted by atomic mass is 79.9. The quantitative estimate of drug-likeness (QED) is 0.363. The van der Waals surface area contributed by atoms with Crippen LogP contribution < -0.4 is 5.56 Å². The van der Waals surface area contributed by atoms with Crippen LogP contribution in [0, 0.1) is 0 Å². The molecule has 0 fully saturated rings. The van der Waals surface area contributed by atoms with Crippen LogP contribution in [-0.4, -0.2) is 4.40 Å². The first-order valence-electron chi connectivity index (χ1n) is 7.12. The minimum atomic E-state index is 0.0524. The molecule has 0 radical (unpaired) electrons. The van der Waals surface area contributed by atoms with E-state index in [2.05, 4.69) is 34.1 Å². The lowest BCUT2D eigenvalue weighted by molar-refractivity contribution is 1.21. The van der Waals surface area contributed by atoms with Crippen molar-refractivity contribution in [3.63, 3.8) is 0 Å². The zero-order chi connectivity index (χ0) is 14.8. The first-order valence-corrected chi connectivity index (χ1v) is 7.92. The van der Waals surface area contributed by atoms with Gasteiger partial charge in [-0.15, -0.1) is 0 Å². The summed E-state index contributed by atoms with van der Waals surface area (Å²) in [5, 5.41) is 5.10. The van der Waals surface area contributed by atoms with Gasteiger partial charge in [0.25, 0.3) is 5.56 Å². The third-order valence-corrected chi connectivity index (χ3v) is 4.84. The van der Waals surface area contributed by atoms with Crippen molar-refractivity contribution in [1.82, 2.24) is 4.40 Å². The highest BCUT2D eigenvalue weighted by Crippen LogP contribution is 2.36. The molecule has 2 nitrogen and oxygen atoms in total. The lowest BCUT2D eigenvalue weighted by atomic mass is 10.0. The fourth-order valence-corrected chi connectivity index (χ4v) is 3.96. The second kappa shape index (κ2) is 4.08. The molecule has 3 heteroatoms. The van der Waals surface area contributed by atoms with Gasteiger partial charge in [0.15, 0.2) is 0 Å². The monoisotopic (exact) mass is 347 g/mol. The Morgan fingerprint density at radius 1 is 0.727 bits per heavy atom. The van der Waals surface area contributed by atoms with Crippen LogP contribution in [0.2, 0.25) is 0 Å². The third kappa shape index (κ3) is 1.37. The SMILES string of the molecule is O=c1c2ccccc2c2cc(Br)cc3c4ccccc4n1c23. The molecule has 2 heterocycles. The number of pyridine rings is 1. The molecule has 0 aliphatic carbocycles. The van der Waals surface area contributed by atoms with Gasteiger partial charge in [0.05, 0.1) is 11.0 Å². The molecule has 3 aromatic carbocycles. The summed E-state index contributed by atoms with van der Waals surface area (Å²) in [7, 11) is 0. The number of benzene rings is 3. The molecule has 5 rings (SSSR count). The average molecular weight is 348 g/mol. The first-order chi connectivity index (χ1) is 10.8. The van der Waals surface area contributed by atoms with Gasteiger partial charge in [0.1, 0.15) is 0 Å². The molecule has 0 aliphatic rings. The zero-order valence-corrected chi connectivity index (χ0v) is 13.1. The third-order valence-electron chi connectivity index (χ3n) is 4.38. The fourth-order valence-electron chi connectivity index (χ4n) is 3.50. The van der Waals surface area contributed by atoms with Crippen molar-refractivity contribution >= 4 is 53.9 Å². The van der Waals surface area contributed by atoms with E-state index in [-0.39, 0.29) is 5.56 Å². The number of aromatic nitrogens is 1. The minimum absolute atomic E-state index is 0.0524. The Bertz CT molecular complexity index is 1250. The Hall–Kier alpha value is -2.39. The summed E-state index contributed by atoms with van der Waals surface area (Å²) in [6.07, 6.45) is 0. The highest BCUT2D eigenvalue weighted by molar-refractivity contribution is 9.10. The summed E-state index contributed by atoms with van der Waals surface area (Å²) in [6, 6.07) is 20.1. The Kier molecular flexibility index (Phi) is 2.26. The van der Waals surface area contributed by atoms with Crippen LogP contribution in [0.5, 0.6) is 0 Å². The van der Waals surface area contributed by atoms with Crippen LogP contribution in [0.3, 0.4) is 0 Å². The van der Waals surface area contributed by atoms with E-state index in [4.69, 9.17) is 0 Å². The van der Waals surface area contributed by atoms with Crippen molar-refractivity contribution in [2.75, 3.05) is 0 Å². The molecule has 104 valence electrons. The van der Waals surface area contributed by atoms with Gasteiger partial charge >= 0.3 is 0 Å². The van der Waals surface area contributed by atoms with Gasteiger partial charge in [-0.25, -0.2) is 0 Å². The number of halogens is 1. The van der Waals surface area contributed by atoms with Gasteiger partial charge in [-0.3, -0.25) is 9.20 Å². The van der Waals surface area contributed by atoms with Gasteiger partial charge in [0.2, 0.25) is 0 Å². The van der Waals surface area contributed by atoms with E-state index >= 15 is 0 Å². The number of para-hydroxylation sites is 1. The van der Waals surface area contributed by atoms with E-state index in [1.54, 1.807) is 0 Å². The molecule has 0 saturated carbocycles. The number of fused-ring (bicyclic) bond motifs is 5. The summed E-state index contributed by atoms with van der Waals surface area (Å²) in [4.78, 5) is 13.0. The van der Waals surface area contributed by atoms with Crippen LogP contribution in [0.4, 0.5) is 0 Å². The summed E-state index contributed by atoms with van der Waals surface area (Å²) in [5.41, 5.74) is 2.03. The Labute approximate surface area is 134 Å². The second-order valence-electron chi connectivity index (χ2n) is 5.55. The normalized spacial score (nSPS) is 12.0. The molecule has 0 saturated heterocycles. The molecule has 5 aromatic rings. The molecule has 0 unspecified atom stereocenters. The maximum Gasteiger partial charge on any atom is 0.263 e. The molecule has 0 spiro atoms. The maximum absolute atomic E-state index is 13.0. The van der Waals surface area contributed by atoms with Gasteiger partial charge in [-0.1, -0.05) is 52.3 Å². The molecule has 0 N–H and O–H groups in total. The van der Waals surface area contributed by atoms with Crippen molar-refractivity contribution in [3.05, 3.63) is 75.5 Å². The van der Waals surface area contributed by atoms with E-state index in [1.165, 1.54) is 0 Å². The molecular weight excluding hydrogens is 338 g/mol. The molecule has 22 heavy (non-hydrogen) atoms. The molecule has 0 amide bonds. The molecule has 2 aromatic heterocycles. The number of hydrogen-bond donors (Lipinski definition) is 0. The molecule has 0 aliphatic heterocycles. The first kappa shape index (κ1) is 12.2. The average Bonchev–Trinajstić information content (AvgIpc) is 2.88. The highest BCUT2D eigenvalue weighted by Gasteiger charge is 2.16. The van der Waals surface area contributed by atoms with Gasteiger partial charge < -0.3 is 0 Å². The topological polar surface area (TPSA) is 21.5 Å². The van der Waals surface area contributed by atoms with E-state index in [1.807, 2.05) is 46.9 Å². The molecule has 0 atom stereocenters.